The molecule has 3 heterocycles. The number of pyridine rings is 1. The standard InChI is InChI=1S/C32H39NO10/c1-17(34)39-16-31(5)23-14-25(41-19(3)36)32(6)28(30(23,4)11-10-24(31)40-18(2)35)27(38-7)26-22(43-32)13-21(42-29(26)37)20-9-8-12-33-15-20/h8-9,12-13,15,23-25,27-28H,10-11,14,16H2,1-7H3/t23?,24-,25-,27-,28?,30-,31?,32+/m0/s1. The smallest absolute Gasteiger partial charge is 0.345 e. The second kappa shape index (κ2) is 11.1. The zero-order valence-electron chi connectivity index (χ0n) is 25.6. The van der Waals surface area contributed by atoms with Crippen LogP contribution in [0.5, 0.6) is 5.75 Å². The van der Waals surface area contributed by atoms with Crippen molar-refractivity contribution in [2.75, 3.05) is 13.7 Å². The molecule has 43 heavy (non-hydrogen) atoms. The summed E-state index contributed by atoms with van der Waals surface area (Å²) >= 11 is 0. The van der Waals surface area contributed by atoms with Gasteiger partial charge in [0, 0.05) is 63.2 Å². The highest BCUT2D eigenvalue weighted by Gasteiger charge is 2.71. The minimum absolute atomic E-state index is 0.0114. The third-order valence-electron chi connectivity index (χ3n) is 9.96. The third kappa shape index (κ3) is 5.11. The van der Waals surface area contributed by atoms with Gasteiger partial charge in [-0.1, -0.05) is 13.8 Å². The van der Waals surface area contributed by atoms with Crippen molar-refractivity contribution in [3.8, 4) is 17.1 Å². The number of ether oxygens (including phenoxy) is 5. The summed E-state index contributed by atoms with van der Waals surface area (Å²) in [5.41, 5.74) is -2.34. The summed E-state index contributed by atoms with van der Waals surface area (Å²) in [6, 6.07) is 5.17. The summed E-state index contributed by atoms with van der Waals surface area (Å²) < 4.78 is 36.1. The molecule has 0 N–H and O–H groups in total. The second-order valence-electron chi connectivity index (χ2n) is 12.7. The van der Waals surface area contributed by atoms with Gasteiger partial charge in [-0.25, -0.2) is 4.79 Å². The first-order valence-electron chi connectivity index (χ1n) is 14.5. The molecule has 2 saturated carbocycles. The maximum Gasteiger partial charge on any atom is 0.345 e. The topological polar surface area (TPSA) is 140 Å². The summed E-state index contributed by atoms with van der Waals surface area (Å²) in [5, 5.41) is 0. The maximum absolute atomic E-state index is 13.7. The van der Waals surface area contributed by atoms with Crippen molar-refractivity contribution in [2.45, 2.75) is 84.7 Å². The average molecular weight is 598 g/mol. The molecule has 11 heteroatoms. The monoisotopic (exact) mass is 597 g/mol. The number of carbonyl (C=O) groups excluding carboxylic acids is 3. The molecule has 232 valence electrons. The number of carbonyl (C=O) groups is 3. The van der Waals surface area contributed by atoms with Crippen LogP contribution in [0.1, 0.15) is 72.5 Å². The van der Waals surface area contributed by atoms with Gasteiger partial charge in [-0.05, 0) is 49.7 Å². The van der Waals surface area contributed by atoms with E-state index in [2.05, 4.69) is 11.9 Å². The van der Waals surface area contributed by atoms with Crippen LogP contribution in [0.15, 0.2) is 39.8 Å². The zero-order valence-corrected chi connectivity index (χ0v) is 25.6. The molecule has 2 aliphatic carbocycles. The Bertz CT molecular complexity index is 1470. The van der Waals surface area contributed by atoms with E-state index in [1.54, 1.807) is 30.6 Å². The van der Waals surface area contributed by atoms with Gasteiger partial charge in [0.05, 0.1) is 0 Å². The van der Waals surface area contributed by atoms with Crippen molar-refractivity contribution >= 4 is 17.9 Å². The van der Waals surface area contributed by atoms with Gasteiger partial charge in [-0.2, -0.15) is 0 Å². The van der Waals surface area contributed by atoms with Crippen molar-refractivity contribution in [2.24, 2.45) is 22.7 Å². The SMILES string of the molecule is CO[C@H]1c2c(cc(-c3cccnc3)oc2=O)O[C@@]2(C)C1[C@@]1(C)CC[C@H](OC(C)=O)C(C)(COC(C)=O)C1C[C@@H]2OC(C)=O. The highest BCUT2D eigenvalue weighted by molar-refractivity contribution is 5.67. The predicted molar refractivity (Wildman–Crippen MR) is 152 cm³/mol. The van der Waals surface area contributed by atoms with Crippen LogP contribution >= 0.6 is 0 Å². The van der Waals surface area contributed by atoms with E-state index in [4.69, 9.17) is 28.1 Å². The third-order valence-corrected chi connectivity index (χ3v) is 9.96. The molecule has 11 nitrogen and oxygen atoms in total. The van der Waals surface area contributed by atoms with Crippen LogP contribution in [-0.2, 0) is 33.3 Å². The largest absolute Gasteiger partial charge is 0.482 e. The molecule has 2 fully saturated rings. The minimum Gasteiger partial charge on any atom is -0.482 e. The van der Waals surface area contributed by atoms with Gasteiger partial charge in [0.1, 0.15) is 47.6 Å². The number of aromatic nitrogens is 1. The second-order valence-corrected chi connectivity index (χ2v) is 12.7. The van der Waals surface area contributed by atoms with Crippen LogP contribution in [0.2, 0.25) is 0 Å². The normalized spacial score (nSPS) is 34.4. The summed E-state index contributed by atoms with van der Waals surface area (Å²) in [7, 11) is 1.53. The molecule has 1 aliphatic heterocycles. The molecule has 0 radical (unpaired) electrons. The molecule has 5 rings (SSSR count). The van der Waals surface area contributed by atoms with Crippen molar-refractivity contribution in [1.82, 2.24) is 4.98 Å². The van der Waals surface area contributed by atoms with Gasteiger partial charge in [0.25, 0.3) is 0 Å². The van der Waals surface area contributed by atoms with E-state index < -0.39 is 64.2 Å². The Hall–Kier alpha value is -3.73. The predicted octanol–water partition coefficient (Wildman–Crippen LogP) is 4.41. The van der Waals surface area contributed by atoms with Crippen LogP contribution < -0.4 is 10.4 Å². The number of hydrogen-bond donors (Lipinski definition) is 0. The van der Waals surface area contributed by atoms with E-state index >= 15 is 0 Å². The number of esters is 3. The number of nitrogens with zero attached hydrogens (tertiary/aromatic N) is 1. The molecule has 0 spiro atoms. The highest BCUT2D eigenvalue weighted by atomic mass is 16.6. The average Bonchev–Trinajstić information content (AvgIpc) is 2.94. The molecule has 0 aromatic carbocycles. The van der Waals surface area contributed by atoms with Crippen molar-refractivity contribution < 1.29 is 42.5 Å². The molecule has 0 saturated heterocycles. The number of fused-ring (bicyclic) bond motifs is 4. The first kappa shape index (κ1) is 30.7. The van der Waals surface area contributed by atoms with Gasteiger partial charge in [-0.3, -0.25) is 19.4 Å². The first-order valence-corrected chi connectivity index (χ1v) is 14.5. The molecule has 0 bridgehead atoms. The Kier molecular flexibility index (Phi) is 7.91. The Labute approximate surface area is 250 Å². The van der Waals surface area contributed by atoms with Crippen molar-refractivity contribution in [3.05, 3.63) is 46.6 Å². The fraction of sp³-hybridized carbons (Fsp3) is 0.594. The van der Waals surface area contributed by atoms with Crippen LogP contribution in [0.4, 0.5) is 0 Å². The fourth-order valence-electron chi connectivity index (χ4n) is 8.25. The Morgan fingerprint density at radius 3 is 2.35 bits per heavy atom. The summed E-state index contributed by atoms with van der Waals surface area (Å²) in [5.74, 6) is -1.63. The number of hydrogen-bond acceptors (Lipinski definition) is 11. The lowest BCUT2D eigenvalue weighted by Gasteiger charge is -2.66. The molecule has 0 amide bonds. The Morgan fingerprint density at radius 1 is 1.05 bits per heavy atom. The van der Waals surface area contributed by atoms with Gasteiger partial charge in [0.15, 0.2) is 0 Å². The molecule has 3 unspecified atom stereocenters. The van der Waals surface area contributed by atoms with Crippen LogP contribution in [-0.4, -0.2) is 54.4 Å². The van der Waals surface area contributed by atoms with E-state index in [1.807, 2.05) is 13.8 Å². The van der Waals surface area contributed by atoms with Gasteiger partial charge in [0.2, 0.25) is 0 Å². The molecular weight excluding hydrogens is 558 g/mol. The molecule has 3 aliphatic rings. The van der Waals surface area contributed by atoms with E-state index in [0.29, 0.717) is 24.8 Å². The lowest BCUT2D eigenvalue weighted by Crippen LogP contribution is -2.71. The van der Waals surface area contributed by atoms with E-state index in [1.165, 1.54) is 27.9 Å². The van der Waals surface area contributed by atoms with E-state index in [0.717, 1.165) is 0 Å². The Balaban J connectivity index is 1.69. The van der Waals surface area contributed by atoms with Crippen LogP contribution in [0, 0.1) is 22.7 Å². The lowest BCUT2D eigenvalue weighted by molar-refractivity contribution is -0.273. The van der Waals surface area contributed by atoms with Crippen molar-refractivity contribution in [3.63, 3.8) is 0 Å². The summed E-state index contributed by atoms with van der Waals surface area (Å²) in [4.78, 5) is 54.5. The highest BCUT2D eigenvalue weighted by Crippen LogP contribution is 2.68. The van der Waals surface area contributed by atoms with E-state index in [-0.39, 0.29) is 29.6 Å². The lowest BCUT2D eigenvalue weighted by atomic mass is 9.42. The minimum atomic E-state index is -1.12. The molecule has 2 aromatic rings. The molecule has 8 atom stereocenters. The van der Waals surface area contributed by atoms with Crippen LogP contribution in [0.3, 0.4) is 0 Å². The van der Waals surface area contributed by atoms with Gasteiger partial charge < -0.3 is 28.1 Å². The molecule has 2 aromatic heterocycles. The molecular formula is C32H39NO10. The summed E-state index contributed by atoms with van der Waals surface area (Å²) in [6.07, 6.45) is 2.48. The van der Waals surface area contributed by atoms with Gasteiger partial charge >= 0.3 is 23.5 Å². The number of methoxy groups -OCH3 is 1. The fourth-order valence-corrected chi connectivity index (χ4v) is 8.25. The Morgan fingerprint density at radius 2 is 1.74 bits per heavy atom. The zero-order chi connectivity index (χ0) is 31.3. The quantitative estimate of drug-likeness (QED) is 0.345. The first-order chi connectivity index (χ1) is 20.2. The van der Waals surface area contributed by atoms with Crippen LogP contribution in [0.25, 0.3) is 11.3 Å². The van der Waals surface area contributed by atoms with E-state index in [9.17, 15) is 19.2 Å². The van der Waals surface area contributed by atoms with Gasteiger partial charge in [-0.15, -0.1) is 0 Å². The van der Waals surface area contributed by atoms with Crippen molar-refractivity contribution in [1.29, 1.82) is 0 Å². The number of rotatable bonds is 6. The summed E-state index contributed by atoms with van der Waals surface area (Å²) in [6.45, 7) is 9.94. The maximum atomic E-state index is 13.7.